The Morgan fingerprint density at radius 2 is 1.02 bits per heavy atom. The summed E-state index contributed by atoms with van der Waals surface area (Å²) >= 11 is 13.2. The number of rotatable bonds is 9. The lowest BCUT2D eigenvalue weighted by Gasteiger charge is -2.12. The SMILES string of the molecule is CC(C)n1nnc(-c2cnn(-c3ccccc3Cl)c2SSc2c(-c3nnn(C(C)C)n3)cnn2-c2ccccc2Cl)n1. The lowest BCUT2D eigenvalue weighted by molar-refractivity contribution is 0.455. The molecular weight excluding hydrogens is 615 g/mol. The van der Waals surface area contributed by atoms with E-state index in [9.17, 15) is 0 Å². The van der Waals surface area contributed by atoms with Gasteiger partial charge in [0.15, 0.2) is 0 Å². The van der Waals surface area contributed by atoms with Crippen molar-refractivity contribution in [1.29, 1.82) is 0 Å². The predicted octanol–water partition coefficient (Wildman–Crippen LogP) is 6.63. The van der Waals surface area contributed by atoms with Crippen LogP contribution in [0.5, 0.6) is 0 Å². The van der Waals surface area contributed by atoms with Crippen LogP contribution in [0.3, 0.4) is 0 Å². The van der Waals surface area contributed by atoms with E-state index in [2.05, 4.69) is 41.0 Å². The van der Waals surface area contributed by atoms with E-state index in [0.29, 0.717) is 44.2 Å². The van der Waals surface area contributed by atoms with Crippen molar-refractivity contribution in [3.05, 3.63) is 71.0 Å². The summed E-state index contributed by atoms with van der Waals surface area (Å²) in [6.07, 6.45) is 3.44. The molecule has 0 bridgehead atoms. The highest BCUT2D eigenvalue weighted by atomic mass is 35.5. The number of para-hydroxylation sites is 2. The summed E-state index contributed by atoms with van der Waals surface area (Å²) < 4.78 is 3.54. The van der Waals surface area contributed by atoms with Gasteiger partial charge in [0.2, 0.25) is 11.6 Å². The molecule has 2 aromatic carbocycles. The van der Waals surface area contributed by atoms with Crippen molar-refractivity contribution in [2.75, 3.05) is 0 Å². The van der Waals surface area contributed by atoms with Gasteiger partial charge in [-0.15, -0.1) is 20.4 Å². The summed E-state index contributed by atoms with van der Waals surface area (Å²) in [4.78, 5) is 3.14. The highest BCUT2D eigenvalue weighted by Crippen LogP contribution is 2.46. The smallest absolute Gasteiger partial charge is 0.209 e. The van der Waals surface area contributed by atoms with Gasteiger partial charge >= 0.3 is 0 Å². The summed E-state index contributed by atoms with van der Waals surface area (Å²) in [6.45, 7) is 7.96. The van der Waals surface area contributed by atoms with Crippen LogP contribution in [0.1, 0.15) is 39.8 Å². The lowest BCUT2D eigenvalue weighted by atomic mass is 10.3. The lowest BCUT2D eigenvalue weighted by Crippen LogP contribution is -2.04. The molecule has 0 N–H and O–H groups in total. The van der Waals surface area contributed by atoms with Gasteiger partial charge in [0.05, 0.1) is 57.0 Å². The van der Waals surface area contributed by atoms with Crippen LogP contribution in [-0.4, -0.2) is 60.0 Å². The largest absolute Gasteiger partial charge is 0.224 e. The number of tetrazole rings is 2. The number of hydrogen-bond acceptors (Lipinski definition) is 10. The van der Waals surface area contributed by atoms with Crippen LogP contribution < -0.4 is 0 Å². The normalized spacial score (nSPS) is 11.7. The molecule has 0 aliphatic carbocycles. The summed E-state index contributed by atoms with van der Waals surface area (Å²) in [6, 6.07) is 15.1. The highest BCUT2D eigenvalue weighted by molar-refractivity contribution is 8.76. The second-order valence-electron chi connectivity index (χ2n) is 9.67. The molecule has 42 heavy (non-hydrogen) atoms. The van der Waals surface area contributed by atoms with E-state index in [-0.39, 0.29) is 12.1 Å². The average molecular weight is 640 g/mol. The van der Waals surface area contributed by atoms with E-state index in [4.69, 9.17) is 23.2 Å². The van der Waals surface area contributed by atoms with Crippen LogP contribution in [-0.2, 0) is 0 Å². The molecule has 0 fully saturated rings. The van der Waals surface area contributed by atoms with Crippen LogP contribution in [0.2, 0.25) is 10.0 Å². The summed E-state index contributed by atoms with van der Waals surface area (Å²) in [5.74, 6) is 0.901. The monoisotopic (exact) mass is 638 g/mol. The molecule has 4 aromatic heterocycles. The third kappa shape index (κ3) is 5.42. The zero-order chi connectivity index (χ0) is 29.4. The van der Waals surface area contributed by atoms with E-state index in [0.717, 1.165) is 10.1 Å². The first-order chi connectivity index (χ1) is 20.3. The summed E-state index contributed by atoms with van der Waals surface area (Å²) in [5.41, 5.74) is 2.83. The Labute approximate surface area is 258 Å². The fraction of sp³-hybridized carbons (Fsp3) is 0.231. The average Bonchev–Trinajstić information content (AvgIpc) is 3.78. The highest BCUT2D eigenvalue weighted by Gasteiger charge is 2.25. The molecule has 214 valence electrons. The van der Waals surface area contributed by atoms with E-state index < -0.39 is 0 Å². The van der Waals surface area contributed by atoms with Crippen LogP contribution in [0.25, 0.3) is 34.2 Å². The quantitative estimate of drug-likeness (QED) is 0.159. The molecule has 0 aliphatic heterocycles. The first-order valence-corrected chi connectivity index (χ1v) is 15.8. The zero-order valence-corrected chi connectivity index (χ0v) is 26.0. The number of hydrogen-bond donors (Lipinski definition) is 0. The number of nitrogens with zero attached hydrogens (tertiary/aromatic N) is 12. The van der Waals surface area contributed by atoms with Gasteiger partial charge in [0, 0.05) is 0 Å². The molecule has 16 heteroatoms. The molecule has 0 radical (unpaired) electrons. The molecule has 6 aromatic rings. The van der Waals surface area contributed by atoms with Crippen molar-refractivity contribution in [2.45, 2.75) is 49.8 Å². The fourth-order valence-corrected chi connectivity index (χ4v) is 6.84. The van der Waals surface area contributed by atoms with Gasteiger partial charge in [-0.1, -0.05) is 47.5 Å². The van der Waals surface area contributed by atoms with Gasteiger partial charge in [0.1, 0.15) is 10.1 Å². The molecule has 0 aliphatic rings. The Kier molecular flexibility index (Phi) is 8.03. The maximum absolute atomic E-state index is 6.61. The zero-order valence-electron chi connectivity index (χ0n) is 22.9. The first kappa shape index (κ1) is 28.4. The summed E-state index contributed by atoms with van der Waals surface area (Å²) in [7, 11) is 2.89. The van der Waals surface area contributed by atoms with Crippen molar-refractivity contribution in [3.8, 4) is 34.2 Å². The van der Waals surface area contributed by atoms with Gasteiger partial charge in [-0.05, 0) is 84.0 Å². The van der Waals surface area contributed by atoms with Gasteiger partial charge in [-0.25, -0.2) is 9.36 Å². The van der Waals surface area contributed by atoms with Crippen LogP contribution >= 0.6 is 44.8 Å². The second-order valence-corrected chi connectivity index (χ2v) is 12.6. The molecule has 0 amide bonds. The number of aromatic nitrogens is 12. The van der Waals surface area contributed by atoms with Gasteiger partial charge in [0.25, 0.3) is 0 Å². The van der Waals surface area contributed by atoms with Gasteiger partial charge in [-0.2, -0.15) is 19.8 Å². The second kappa shape index (κ2) is 11.9. The van der Waals surface area contributed by atoms with Crippen molar-refractivity contribution in [3.63, 3.8) is 0 Å². The minimum Gasteiger partial charge on any atom is -0.224 e. The van der Waals surface area contributed by atoms with Gasteiger partial charge < -0.3 is 0 Å². The number of benzene rings is 2. The molecule has 0 saturated carbocycles. The fourth-order valence-electron chi connectivity index (χ4n) is 3.91. The van der Waals surface area contributed by atoms with Crippen molar-refractivity contribution in [2.24, 2.45) is 0 Å². The Hall–Kier alpha value is -3.72. The Balaban J connectivity index is 1.47. The number of halogens is 2. The van der Waals surface area contributed by atoms with Crippen molar-refractivity contribution < 1.29 is 0 Å². The molecule has 0 saturated heterocycles. The Bertz CT molecular complexity index is 1720. The molecule has 0 atom stereocenters. The molecule has 6 rings (SSSR count). The minimum absolute atomic E-state index is 0.0506. The first-order valence-electron chi connectivity index (χ1n) is 12.9. The van der Waals surface area contributed by atoms with E-state index in [1.807, 2.05) is 76.2 Å². The third-order valence-electron chi connectivity index (χ3n) is 6.07. The van der Waals surface area contributed by atoms with Crippen LogP contribution in [0, 0.1) is 0 Å². The van der Waals surface area contributed by atoms with Crippen LogP contribution in [0.4, 0.5) is 0 Å². The van der Waals surface area contributed by atoms with Crippen molar-refractivity contribution in [1.82, 2.24) is 60.0 Å². The maximum atomic E-state index is 6.61. The van der Waals surface area contributed by atoms with Crippen LogP contribution in [0.15, 0.2) is 71.0 Å². The molecule has 4 heterocycles. The Morgan fingerprint density at radius 3 is 1.38 bits per heavy atom. The minimum atomic E-state index is 0.0506. The third-order valence-corrected chi connectivity index (χ3v) is 9.09. The van der Waals surface area contributed by atoms with E-state index >= 15 is 0 Å². The predicted molar refractivity (Wildman–Crippen MR) is 163 cm³/mol. The van der Waals surface area contributed by atoms with E-state index in [1.165, 1.54) is 21.6 Å². The standard InChI is InChI=1S/C26H24Cl2N12S2/c1-15(2)39-33-23(31-35-39)17-13-29-37(21-11-7-5-9-19(21)27)25(17)41-42-26-18(24-32-36-40(34-24)16(3)4)14-30-38(26)22-12-8-6-10-20(22)28/h5-16H,1-4H3. The maximum Gasteiger partial charge on any atom is 0.209 e. The topological polar surface area (TPSA) is 123 Å². The molecule has 0 unspecified atom stereocenters. The molecule has 0 spiro atoms. The van der Waals surface area contributed by atoms with Crippen molar-refractivity contribution >= 4 is 44.8 Å². The van der Waals surface area contributed by atoms with Gasteiger partial charge in [-0.3, -0.25) is 0 Å². The Morgan fingerprint density at radius 1 is 0.619 bits per heavy atom. The molecular formula is C26H24Cl2N12S2. The molecule has 12 nitrogen and oxygen atoms in total. The van der Waals surface area contributed by atoms with E-state index in [1.54, 1.807) is 31.4 Å². The summed E-state index contributed by atoms with van der Waals surface area (Å²) in [5, 5.41) is 38.2.